The van der Waals surface area contributed by atoms with Gasteiger partial charge in [-0.05, 0) is 0 Å². The van der Waals surface area contributed by atoms with Gasteiger partial charge >= 0.3 is 71.7 Å². The fraction of sp³-hybridized carbons (Fsp3) is 0.400. The third kappa shape index (κ3) is 2.37. The van der Waals surface area contributed by atoms with Crippen LogP contribution >= 0.6 is 0 Å². The molecule has 0 unspecified atom stereocenters. The van der Waals surface area contributed by atoms with Gasteiger partial charge in [0, 0.05) is 0 Å². The Bertz CT molecular complexity index is 228. The van der Waals surface area contributed by atoms with Crippen molar-refractivity contribution in [3.05, 3.63) is 29.8 Å². The first kappa shape index (κ1) is 8.86. The third-order valence-electron chi connectivity index (χ3n) is 1.92. The molecule has 0 atom stereocenters. The molecule has 0 heterocycles. The summed E-state index contributed by atoms with van der Waals surface area (Å²) in [6.07, 6.45) is 0. The zero-order valence-corrected chi connectivity index (χ0v) is 9.91. The predicted octanol–water partition coefficient (Wildman–Crippen LogP) is 2.54. The average Bonchev–Trinajstić information content (AvgIpc) is 1.86. The van der Waals surface area contributed by atoms with Crippen molar-refractivity contribution in [2.45, 2.75) is 24.2 Å². The van der Waals surface area contributed by atoms with E-state index < -0.39 is 13.3 Å². The van der Waals surface area contributed by atoms with Gasteiger partial charge < -0.3 is 0 Å². The molecule has 1 aromatic rings. The summed E-state index contributed by atoms with van der Waals surface area (Å²) in [6.45, 7) is 2.14. The van der Waals surface area contributed by atoms with Gasteiger partial charge in [0.1, 0.15) is 0 Å². The molecule has 0 fully saturated rings. The van der Waals surface area contributed by atoms with E-state index in [-0.39, 0.29) is 0 Å². The molecule has 1 aromatic carbocycles. The molecule has 0 amide bonds. The average molecular weight is 209 g/mol. The molecule has 0 spiro atoms. The normalized spacial score (nSPS) is 11.6. The zero-order chi connectivity index (χ0) is 8.48. The summed E-state index contributed by atoms with van der Waals surface area (Å²) < 4.78 is 1.59. The third-order valence-corrected chi connectivity index (χ3v) is 6.25. The molecular weight excluding hydrogens is 193 g/mol. The summed E-state index contributed by atoms with van der Waals surface area (Å²) in [5.74, 6) is 7.26. The van der Waals surface area contributed by atoms with Crippen LogP contribution in [0, 0.1) is 6.92 Å². The summed E-state index contributed by atoms with van der Waals surface area (Å²) in [5.41, 5.74) is 1.36. The number of hydrogen-bond acceptors (Lipinski definition) is 0. The Morgan fingerprint density at radius 3 is 1.73 bits per heavy atom. The Labute approximate surface area is 72.0 Å². The Hall–Kier alpha value is -0.237. The number of hydrogen-bond donors (Lipinski definition) is 0. The Balaban J connectivity index is 2.99. The van der Waals surface area contributed by atoms with E-state index in [0.29, 0.717) is 0 Å². The van der Waals surface area contributed by atoms with E-state index in [0.717, 1.165) is 0 Å². The van der Waals surface area contributed by atoms with Crippen molar-refractivity contribution in [2.24, 2.45) is 0 Å². The van der Waals surface area contributed by atoms with Crippen LogP contribution in [0.1, 0.15) is 5.56 Å². The zero-order valence-electron chi connectivity index (χ0n) is 7.81. The first-order chi connectivity index (χ1) is 5.00. The molecule has 0 bridgehead atoms. The molecule has 1 rings (SSSR count). The maximum absolute atomic E-state index is 2.42. The standard InChI is InChI=1S/C10H16Ge/c1-9-5-7-10(8-6-9)11(2,3)4/h5-8H,1-4H3. The van der Waals surface area contributed by atoms with Crippen molar-refractivity contribution in [2.75, 3.05) is 0 Å². The van der Waals surface area contributed by atoms with Crippen LogP contribution in [0.4, 0.5) is 0 Å². The van der Waals surface area contributed by atoms with Crippen LogP contribution in [0.2, 0.25) is 17.3 Å². The van der Waals surface area contributed by atoms with Gasteiger partial charge in [-0.15, -0.1) is 0 Å². The van der Waals surface area contributed by atoms with Crippen molar-refractivity contribution in [1.29, 1.82) is 0 Å². The van der Waals surface area contributed by atoms with Gasteiger partial charge in [0.2, 0.25) is 0 Å². The van der Waals surface area contributed by atoms with Gasteiger partial charge in [-0.2, -0.15) is 0 Å². The van der Waals surface area contributed by atoms with Crippen LogP contribution in [0.3, 0.4) is 0 Å². The molecule has 0 saturated carbocycles. The molecule has 1 heteroatoms. The van der Waals surface area contributed by atoms with Crippen LogP contribution in [0.25, 0.3) is 0 Å². The van der Waals surface area contributed by atoms with Crippen molar-refractivity contribution in [3.63, 3.8) is 0 Å². The van der Waals surface area contributed by atoms with Crippen LogP contribution in [0.15, 0.2) is 24.3 Å². The SMILES string of the molecule is Cc1cc[c]([Ge]([CH3])([CH3])[CH3])cc1. The minimum atomic E-state index is -1.53. The summed E-state index contributed by atoms with van der Waals surface area (Å²) >= 11 is -1.53. The molecule has 0 aliphatic carbocycles. The van der Waals surface area contributed by atoms with Gasteiger partial charge in [-0.3, -0.25) is 0 Å². The monoisotopic (exact) mass is 210 g/mol. The number of rotatable bonds is 1. The number of benzene rings is 1. The topological polar surface area (TPSA) is 0 Å². The Kier molecular flexibility index (Phi) is 2.43. The first-order valence-electron chi connectivity index (χ1n) is 4.07. The van der Waals surface area contributed by atoms with E-state index in [1.54, 1.807) is 4.40 Å². The molecule has 0 saturated heterocycles. The van der Waals surface area contributed by atoms with Gasteiger partial charge in [-0.25, -0.2) is 0 Å². The summed E-state index contributed by atoms with van der Waals surface area (Å²) in [7, 11) is 0. The minimum absolute atomic E-state index is 1.36. The molecule has 0 aromatic heterocycles. The maximum atomic E-state index is 2.42. The summed E-state index contributed by atoms with van der Waals surface area (Å²) in [4.78, 5) is 0. The van der Waals surface area contributed by atoms with E-state index in [4.69, 9.17) is 0 Å². The molecule has 0 nitrogen and oxygen atoms in total. The predicted molar refractivity (Wildman–Crippen MR) is 54.2 cm³/mol. The number of aryl methyl sites for hydroxylation is 1. The molecule has 0 N–H and O–H groups in total. The van der Waals surface area contributed by atoms with Crippen molar-refractivity contribution >= 4 is 17.7 Å². The molecular formula is C10H16Ge. The molecule has 0 aliphatic rings. The van der Waals surface area contributed by atoms with Gasteiger partial charge in [0.25, 0.3) is 0 Å². The van der Waals surface area contributed by atoms with E-state index in [1.165, 1.54) is 5.56 Å². The second-order valence-corrected chi connectivity index (χ2v) is 14.8. The van der Waals surface area contributed by atoms with Gasteiger partial charge in [-0.1, -0.05) is 0 Å². The van der Waals surface area contributed by atoms with E-state index >= 15 is 0 Å². The fourth-order valence-corrected chi connectivity index (χ4v) is 3.50. The van der Waals surface area contributed by atoms with E-state index in [2.05, 4.69) is 48.5 Å². The van der Waals surface area contributed by atoms with Crippen LogP contribution in [-0.4, -0.2) is 13.3 Å². The molecule has 60 valence electrons. The van der Waals surface area contributed by atoms with Crippen molar-refractivity contribution < 1.29 is 0 Å². The molecule has 11 heavy (non-hydrogen) atoms. The van der Waals surface area contributed by atoms with E-state index in [1.807, 2.05) is 0 Å². The second kappa shape index (κ2) is 3.02. The van der Waals surface area contributed by atoms with Crippen LogP contribution in [-0.2, 0) is 0 Å². The Morgan fingerprint density at radius 1 is 0.909 bits per heavy atom. The summed E-state index contributed by atoms with van der Waals surface area (Å²) in [5, 5.41) is 0. The quantitative estimate of drug-likeness (QED) is 0.623. The van der Waals surface area contributed by atoms with Crippen molar-refractivity contribution in [1.82, 2.24) is 0 Å². The van der Waals surface area contributed by atoms with Crippen molar-refractivity contribution in [3.8, 4) is 0 Å². The second-order valence-electron chi connectivity index (χ2n) is 4.12. The molecule has 0 radical (unpaired) electrons. The van der Waals surface area contributed by atoms with Gasteiger partial charge in [0.15, 0.2) is 0 Å². The van der Waals surface area contributed by atoms with Gasteiger partial charge in [0.05, 0.1) is 0 Å². The Morgan fingerprint density at radius 2 is 1.36 bits per heavy atom. The van der Waals surface area contributed by atoms with Crippen LogP contribution < -0.4 is 4.40 Å². The fourth-order valence-electron chi connectivity index (χ4n) is 1.05. The molecule has 0 aliphatic heterocycles. The van der Waals surface area contributed by atoms with E-state index in [9.17, 15) is 0 Å². The summed E-state index contributed by atoms with van der Waals surface area (Å²) in [6, 6.07) is 9.00. The van der Waals surface area contributed by atoms with Crippen LogP contribution in [0.5, 0.6) is 0 Å². The first-order valence-corrected chi connectivity index (χ1v) is 11.4.